The van der Waals surface area contributed by atoms with Gasteiger partial charge >= 0.3 is 0 Å². The van der Waals surface area contributed by atoms with Crippen LogP contribution in [0.2, 0.25) is 0 Å². The molecule has 3 N–H and O–H groups in total. The number of hydrogen-bond acceptors (Lipinski definition) is 7. The standard InChI is InChI=1S/C17H19N3.C14H22N2O3/c1-19-9-10-20-16(12-19)15-7-3-2-5-13(15)11-14-6-4-8-18-17(14)20;1-10(2)15-8-13(18)9-19-14-6-4-12(5-7-14)16-11(3)17/h2-8,16H,9-12H2,1H3;4-7,10,13,15,18H,8-9H2,1-3H3,(H,16,17). The van der Waals surface area contributed by atoms with Crippen molar-refractivity contribution >= 4 is 17.4 Å². The van der Waals surface area contributed by atoms with Gasteiger partial charge in [0.1, 0.15) is 24.3 Å². The molecule has 5 rings (SSSR count). The lowest BCUT2D eigenvalue weighted by Gasteiger charge is -2.41. The number of pyridine rings is 1. The third kappa shape index (κ3) is 8.02. The number of carbonyl (C=O) groups excluding carboxylic acids is 1. The van der Waals surface area contributed by atoms with E-state index in [0.717, 1.165) is 31.7 Å². The van der Waals surface area contributed by atoms with Gasteiger partial charge < -0.3 is 30.3 Å². The predicted molar refractivity (Wildman–Crippen MR) is 156 cm³/mol. The maximum Gasteiger partial charge on any atom is 0.221 e. The molecular formula is C31H41N5O3. The van der Waals surface area contributed by atoms with E-state index in [-0.39, 0.29) is 12.5 Å². The van der Waals surface area contributed by atoms with Crippen LogP contribution < -0.4 is 20.3 Å². The van der Waals surface area contributed by atoms with Crippen molar-refractivity contribution in [3.63, 3.8) is 0 Å². The first-order valence-corrected chi connectivity index (χ1v) is 13.7. The van der Waals surface area contributed by atoms with Crippen LogP contribution in [0.4, 0.5) is 11.5 Å². The summed E-state index contributed by atoms with van der Waals surface area (Å²) in [5.74, 6) is 1.74. The molecule has 0 spiro atoms. The number of carbonyl (C=O) groups is 1. The molecule has 8 heteroatoms. The van der Waals surface area contributed by atoms with Gasteiger partial charge in [0, 0.05) is 57.4 Å². The molecule has 0 radical (unpaired) electrons. The van der Waals surface area contributed by atoms with Crippen LogP contribution in [0.3, 0.4) is 0 Å². The van der Waals surface area contributed by atoms with Crippen molar-refractivity contribution in [3.05, 3.63) is 83.6 Å². The van der Waals surface area contributed by atoms with Gasteiger partial charge in [-0.05, 0) is 54.1 Å². The monoisotopic (exact) mass is 531 g/mol. The van der Waals surface area contributed by atoms with Crippen LogP contribution in [0, 0.1) is 0 Å². The molecule has 2 aliphatic heterocycles. The van der Waals surface area contributed by atoms with Crippen LogP contribution in [0.25, 0.3) is 0 Å². The molecule has 2 unspecified atom stereocenters. The summed E-state index contributed by atoms with van der Waals surface area (Å²) in [6.45, 7) is 9.48. The average molecular weight is 532 g/mol. The highest BCUT2D eigenvalue weighted by molar-refractivity contribution is 5.88. The zero-order chi connectivity index (χ0) is 27.8. The number of likely N-dealkylation sites (N-methyl/N-ethyl adjacent to an activating group) is 1. The highest BCUT2D eigenvalue weighted by Crippen LogP contribution is 2.37. The van der Waals surface area contributed by atoms with Crippen LogP contribution in [-0.4, -0.2) is 72.9 Å². The topological polar surface area (TPSA) is 90.0 Å². The molecule has 2 aromatic carbocycles. The van der Waals surface area contributed by atoms with Gasteiger partial charge in [-0.15, -0.1) is 0 Å². The van der Waals surface area contributed by atoms with Crippen LogP contribution >= 0.6 is 0 Å². The second-order valence-electron chi connectivity index (χ2n) is 10.6. The fraction of sp³-hybridized carbons (Fsp3) is 0.419. The van der Waals surface area contributed by atoms with Crippen LogP contribution in [0.1, 0.15) is 43.5 Å². The Balaban J connectivity index is 0.000000181. The van der Waals surface area contributed by atoms with Crippen molar-refractivity contribution in [2.75, 3.05) is 50.1 Å². The van der Waals surface area contributed by atoms with E-state index in [1.807, 2.05) is 20.0 Å². The summed E-state index contributed by atoms with van der Waals surface area (Å²) in [7, 11) is 2.21. The first-order chi connectivity index (χ1) is 18.8. The zero-order valence-electron chi connectivity index (χ0n) is 23.4. The van der Waals surface area contributed by atoms with Crippen LogP contribution in [-0.2, 0) is 11.2 Å². The third-order valence-corrected chi connectivity index (χ3v) is 6.90. The Morgan fingerprint density at radius 1 is 1.08 bits per heavy atom. The summed E-state index contributed by atoms with van der Waals surface area (Å²) in [6.07, 6.45) is 2.37. The number of hydrogen-bond donors (Lipinski definition) is 3. The fourth-order valence-corrected chi connectivity index (χ4v) is 4.95. The number of anilines is 2. The zero-order valence-corrected chi connectivity index (χ0v) is 23.4. The molecule has 1 aromatic heterocycles. The summed E-state index contributed by atoms with van der Waals surface area (Å²) in [5.41, 5.74) is 5.00. The molecule has 1 fully saturated rings. The second kappa shape index (κ2) is 13.6. The maximum absolute atomic E-state index is 10.9. The smallest absolute Gasteiger partial charge is 0.221 e. The number of fused-ring (bicyclic) bond motifs is 5. The number of nitrogens with zero attached hydrogens (tertiary/aromatic N) is 3. The van der Waals surface area contributed by atoms with E-state index in [4.69, 9.17) is 4.74 Å². The highest BCUT2D eigenvalue weighted by atomic mass is 16.5. The Hall–Kier alpha value is -3.46. The van der Waals surface area contributed by atoms with Gasteiger partial charge in [0.2, 0.25) is 5.91 Å². The molecule has 8 nitrogen and oxygen atoms in total. The van der Waals surface area contributed by atoms with Crippen molar-refractivity contribution in [3.8, 4) is 5.75 Å². The van der Waals surface area contributed by atoms with E-state index in [1.54, 1.807) is 24.3 Å². The van der Waals surface area contributed by atoms with E-state index in [1.165, 1.54) is 29.4 Å². The van der Waals surface area contributed by atoms with E-state index in [0.29, 0.717) is 24.4 Å². The van der Waals surface area contributed by atoms with Gasteiger partial charge in [-0.3, -0.25) is 4.79 Å². The van der Waals surface area contributed by atoms with Gasteiger partial charge in [0.05, 0.1) is 6.04 Å². The van der Waals surface area contributed by atoms with Crippen molar-refractivity contribution in [1.82, 2.24) is 15.2 Å². The molecular weight excluding hydrogens is 490 g/mol. The van der Waals surface area contributed by atoms with Crippen LogP contribution in [0.15, 0.2) is 66.9 Å². The van der Waals surface area contributed by atoms with Crippen molar-refractivity contribution in [2.24, 2.45) is 0 Å². The maximum atomic E-state index is 10.9. The molecule has 0 aliphatic carbocycles. The molecule has 39 heavy (non-hydrogen) atoms. The summed E-state index contributed by atoms with van der Waals surface area (Å²) >= 11 is 0. The molecule has 2 aliphatic rings. The largest absolute Gasteiger partial charge is 0.491 e. The number of aliphatic hydroxyl groups is 1. The summed E-state index contributed by atoms with van der Waals surface area (Å²) in [6, 6.07) is 21.0. The van der Waals surface area contributed by atoms with Crippen molar-refractivity contribution in [1.29, 1.82) is 0 Å². The summed E-state index contributed by atoms with van der Waals surface area (Å²) in [4.78, 5) is 20.5. The SMILES string of the molecule is CC(=O)Nc1ccc(OCC(O)CNC(C)C)cc1.CN1CCN2c3ncccc3Cc3ccccc3C2C1. The van der Waals surface area contributed by atoms with Gasteiger partial charge in [-0.25, -0.2) is 4.98 Å². The number of ether oxygens (including phenoxy) is 1. The van der Waals surface area contributed by atoms with E-state index in [9.17, 15) is 9.90 Å². The number of rotatable bonds is 7. The average Bonchev–Trinajstić information content (AvgIpc) is 3.06. The summed E-state index contributed by atoms with van der Waals surface area (Å²) in [5, 5.41) is 15.5. The van der Waals surface area contributed by atoms with Crippen molar-refractivity contribution < 1.29 is 14.6 Å². The minimum Gasteiger partial charge on any atom is -0.491 e. The predicted octanol–water partition coefficient (Wildman–Crippen LogP) is 3.86. The first kappa shape index (κ1) is 28.5. The lowest BCUT2D eigenvalue weighted by Crippen LogP contribution is -2.47. The van der Waals surface area contributed by atoms with Gasteiger partial charge in [-0.2, -0.15) is 0 Å². The number of benzene rings is 2. The summed E-state index contributed by atoms with van der Waals surface area (Å²) < 4.78 is 5.46. The quantitative estimate of drug-likeness (QED) is 0.427. The molecule has 2 atom stereocenters. The Labute approximate surface area is 232 Å². The van der Waals surface area contributed by atoms with Gasteiger partial charge in [-0.1, -0.05) is 44.2 Å². The molecule has 0 saturated carbocycles. The lowest BCUT2D eigenvalue weighted by molar-refractivity contribution is -0.114. The number of aliphatic hydroxyl groups excluding tert-OH is 1. The van der Waals surface area contributed by atoms with Gasteiger partial charge in [0.25, 0.3) is 0 Å². The molecule has 0 bridgehead atoms. The van der Waals surface area contributed by atoms with E-state index >= 15 is 0 Å². The normalized spacial score (nSPS) is 17.1. The molecule has 3 heterocycles. The van der Waals surface area contributed by atoms with E-state index < -0.39 is 6.10 Å². The Morgan fingerprint density at radius 2 is 1.82 bits per heavy atom. The minimum atomic E-state index is -0.544. The molecule has 3 aromatic rings. The van der Waals surface area contributed by atoms with Crippen LogP contribution in [0.5, 0.6) is 5.75 Å². The number of nitrogens with one attached hydrogen (secondary N) is 2. The Morgan fingerprint density at radius 3 is 2.56 bits per heavy atom. The minimum absolute atomic E-state index is 0.108. The number of piperazine rings is 1. The van der Waals surface area contributed by atoms with Gasteiger partial charge in [0.15, 0.2) is 0 Å². The second-order valence-corrected chi connectivity index (χ2v) is 10.6. The molecule has 1 amide bonds. The number of aromatic nitrogens is 1. The fourth-order valence-electron chi connectivity index (χ4n) is 4.95. The van der Waals surface area contributed by atoms with Crippen molar-refractivity contribution in [2.45, 2.75) is 45.4 Å². The lowest BCUT2D eigenvalue weighted by atomic mass is 9.96. The Kier molecular flexibility index (Phi) is 9.92. The first-order valence-electron chi connectivity index (χ1n) is 13.7. The number of amides is 1. The highest BCUT2D eigenvalue weighted by Gasteiger charge is 2.32. The third-order valence-electron chi connectivity index (χ3n) is 6.90. The molecule has 208 valence electrons. The Bertz CT molecular complexity index is 1220. The van der Waals surface area contributed by atoms with E-state index in [2.05, 4.69) is 68.9 Å². The molecule has 1 saturated heterocycles.